The van der Waals surface area contributed by atoms with Gasteiger partial charge in [-0.25, -0.2) is 4.79 Å². The summed E-state index contributed by atoms with van der Waals surface area (Å²) in [5.41, 5.74) is 0.658. The average Bonchev–Trinajstić information content (AvgIpc) is 2.52. The van der Waals surface area contributed by atoms with Crippen molar-refractivity contribution >= 4 is 35.1 Å². The second-order valence-corrected chi connectivity index (χ2v) is 5.19. The Labute approximate surface area is 136 Å². The van der Waals surface area contributed by atoms with E-state index in [0.29, 0.717) is 11.4 Å². The Balaban J connectivity index is 2.19. The van der Waals surface area contributed by atoms with Gasteiger partial charge in [0, 0.05) is 18.2 Å². The number of nitrogens with zero attached hydrogens (tertiary/aromatic N) is 1. The number of carboxylic acid groups (broad SMARTS) is 2. The molecular weight excluding hydrogens is 320 g/mol. The van der Waals surface area contributed by atoms with Crippen molar-refractivity contribution in [2.45, 2.75) is 25.8 Å². The minimum absolute atomic E-state index is 0.173. The van der Waals surface area contributed by atoms with Crippen LogP contribution in [0.15, 0.2) is 18.2 Å². The Morgan fingerprint density at radius 1 is 1.29 bits per heavy atom. The summed E-state index contributed by atoms with van der Waals surface area (Å²) in [5, 5.41) is 20.2. The third kappa shape index (κ3) is 3.80. The first-order valence-electron chi connectivity index (χ1n) is 7.13. The molecular formula is C15H16N2O7. The lowest BCUT2D eigenvalue weighted by atomic mass is 10.1. The van der Waals surface area contributed by atoms with E-state index in [1.165, 1.54) is 25.1 Å². The minimum atomic E-state index is -1.15. The number of aliphatic carboxylic acids is 2. The highest BCUT2D eigenvalue weighted by molar-refractivity contribution is 6.03. The average molecular weight is 336 g/mol. The summed E-state index contributed by atoms with van der Waals surface area (Å²) in [7, 11) is 0. The van der Waals surface area contributed by atoms with Crippen LogP contribution in [0.4, 0.5) is 11.4 Å². The SMILES string of the molecule is CC(C(=O)O)N1C(=O)COc2cc(NC(=O)CCC(=O)O)ccc21. The van der Waals surface area contributed by atoms with Gasteiger partial charge in [-0.2, -0.15) is 0 Å². The maximum Gasteiger partial charge on any atom is 0.326 e. The number of hydrogen-bond acceptors (Lipinski definition) is 5. The molecule has 1 aromatic rings. The summed E-state index contributed by atoms with van der Waals surface area (Å²) in [6.45, 7) is 1.08. The van der Waals surface area contributed by atoms with Crippen LogP contribution in [0.3, 0.4) is 0 Å². The van der Waals surface area contributed by atoms with Crippen LogP contribution in [0, 0.1) is 0 Å². The predicted octanol–water partition coefficient (Wildman–Crippen LogP) is 0.688. The quantitative estimate of drug-likeness (QED) is 0.696. The summed E-state index contributed by atoms with van der Waals surface area (Å²) >= 11 is 0. The van der Waals surface area contributed by atoms with Gasteiger partial charge in [0.1, 0.15) is 11.8 Å². The van der Waals surface area contributed by atoms with Gasteiger partial charge in [0.05, 0.1) is 12.1 Å². The van der Waals surface area contributed by atoms with Crippen molar-refractivity contribution in [2.75, 3.05) is 16.8 Å². The largest absolute Gasteiger partial charge is 0.481 e. The van der Waals surface area contributed by atoms with Gasteiger partial charge < -0.3 is 20.3 Å². The number of ether oxygens (including phenoxy) is 1. The first-order valence-corrected chi connectivity index (χ1v) is 7.13. The number of carbonyl (C=O) groups excluding carboxylic acids is 2. The molecule has 1 aliphatic heterocycles. The van der Waals surface area contributed by atoms with Crippen molar-refractivity contribution in [3.63, 3.8) is 0 Å². The number of hydrogen-bond donors (Lipinski definition) is 3. The lowest BCUT2D eigenvalue weighted by Crippen LogP contribution is -2.48. The number of rotatable bonds is 6. The molecule has 3 N–H and O–H groups in total. The van der Waals surface area contributed by atoms with E-state index in [1.807, 2.05) is 0 Å². The summed E-state index contributed by atoms with van der Waals surface area (Å²) in [4.78, 5) is 46.3. The van der Waals surface area contributed by atoms with E-state index in [2.05, 4.69) is 5.32 Å². The second kappa shape index (κ2) is 6.99. The molecule has 0 fully saturated rings. The first-order chi connectivity index (χ1) is 11.3. The fraction of sp³-hybridized carbons (Fsp3) is 0.333. The van der Waals surface area contributed by atoms with E-state index in [4.69, 9.17) is 14.9 Å². The predicted molar refractivity (Wildman–Crippen MR) is 82.0 cm³/mol. The van der Waals surface area contributed by atoms with Crippen molar-refractivity contribution in [2.24, 2.45) is 0 Å². The zero-order valence-corrected chi connectivity index (χ0v) is 12.8. The van der Waals surface area contributed by atoms with E-state index >= 15 is 0 Å². The van der Waals surface area contributed by atoms with Gasteiger partial charge >= 0.3 is 11.9 Å². The monoisotopic (exact) mass is 336 g/mol. The maximum absolute atomic E-state index is 11.9. The summed E-state index contributed by atoms with van der Waals surface area (Å²) in [5.74, 6) is -2.91. The highest BCUT2D eigenvalue weighted by Crippen LogP contribution is 2.35. The molecule has 9 heteroatoms. The van der Waals surface area contributed by atoms with Gasteiger partial charge in [-0.05, 0) is 19.1 Å². The van der Waals surface area contributed by atoms with Crippen LogP contribution in [0.5, 0.6) is 5.75 Å². The van der Waals surface area contributed by atoms with Gasteiger partial charge in [0.25, 0.3) is 5.91 Å². The molecule has 2 rings (SSSR count). The van der Waals surface area contributed by atoms with Crippen LogP contribution < -0.4 is 15.0 Å². The lowest BCUT2D eigenvalue weighted by molar-refractivity contribution is -0.140. The van der Waals surface area contributed by atoms with Crippen LogP contribution in [-0.2, 0) is 19.2 Å². The molecule has 0 saturated carbocycles. The molecule has 1 aliphatic rings. The molecule has 1 unspecified atom stereocenters. The molecule has 0 bridgehead atoms. The molecule has 1 atom stereocenters. The van der Waals surface area contributed by atoms with Gasteiger partial charge in [-0.1, -0.05) is 0 Å². The van der Waals surface area contributed by atoms with E-state index in [9.17, 15) is 19.2 Å². The third-order valence-electron chi connectivity index (χ3n) is 3.43. The Hall–Kier alpha value is -3.10. The van der Waals surface area contributed by atoms with Gasteiger partial charge in [0.15, 0.2) is 6.61 Å². The van der Waals surface area contributed by atoms with Crippen molar-refractivity contribution in [1.82, 2.24) is 0 Å². The standard InChI is InChI=1S/C15H16N2O7/c1-8(15(22)23)17-10-3-2-9(6-11(10)24-7-13(17)19)16-12(18)4-5-14(20)21/h2-3,6,8H,4-5,7H2,1H3,(H,16,18)(H,20,21)(H,22,23). The topological polar surface area (TPSA) is 133 Å². The molecule has 1 heterocycles. The number of fused-ring (bicyclic) bond motifs is 1. The maximum atomic E-state index is 11.9. The third-order valence-corrected chi connectivity index (χ3v) is 3.43. The van der Waals surface area contributed by atoms with E-state index < -0.39 is 29.8 Å². The van der Waals surface area contributed by atoms with E-state index in [0.717, 1.165) is 4.90 Å². The zero-order valence-electron chi connectivity index (χ0n) is 12.8. The number of nitrogens with one attached hydrogen (secondary N) is 1. The van der Waals surface area contributed by atoms with Crippen molar-refractivity contribution in [1.29, 1.82) is 0 Å². The van der Waals surface area contributed by atoms with Gasteiger partial charge in [-0.15, -0.1) is 0 Å². The first kappa shape index (κ1) is 17.3. The normalized spacial score (nSPS) is 14.4. The smallest absolute Gasteiger partial charge is 0.326 e. The second-order valence-electron chi connectivity index (χ2n) is 5.19. The molecule has 24 heavy (non-hydrogen) atoms. The van der Waals surface area contributed by atoms with Crippen LogP contribution in [0.25, 0.3) is 0 Å². The molecule has 1 aromatic carbocycles. The minimum Gasteiger partial charge on any atom is -0.481 e. The number of carbonyl (C=O) groups is 4. The molecule has 128 valence electrons. The Morgan fingerprint density at radius 2 is 2.00 bits per heavy atom. The Kier molecular flexibility index (Phi) is 5.02. The van der Waals surface area contributed by atoms with E-state index in [-0.39, 0.29) is 25.2 Å². The highest BCUT2D eigenvalue weighted by atomic mass is 16.5. The Morgan fingerprint density at radius 3 is 2.62 bits per heavy atom. The van der Waals surface area contributed by atoms with Gasteiger partial charge in [0.2, 0.25) is 5.91 Å². The van der Waals surface area contributed by atoms with Crippen molar-refractivity contribution in [3.8, 4) is 5.75 Å². The summed E-state index contributed by atoms with van der Waals surface area (Å²) in [6, 6.07) is 3.36. The fourth-order valence-corrected chi connectivity index (χ4v) is 2.23. The van der Waals surface area contributed by atoms with Crippen LogP contribution in [0.2, 0.25) is 0 Å². The molecule has 2 amide bonds. The molecule has 0 aromatic heterocycles. The zero-order chi connectivity index (χ0) is 17.9. The molecule has 0 radical (unpaired) electrons. The van der Waals surface area contributed by atoms with Crippen LogP contribution in [-0.4, -0.2) is 46.6 Å². The van der Waals surface area contributed by atoms with Crippen LogP contribution >= 0.6 is 0 Å². The highest BCUT2D eigenvalue weighted by Gasteiger charge is 2.33. The number of carboxylic acids is 2. The van der Waals surface area contributed by atoms with E-state index in [1.54, 1.807) is 0 Å². The fourth-order valence-electron chi connectivity index (χ4n) is 2.23. The van der Waals surface area contributed by atoms with Crippen molar-refractivity contribution < 1.29 is 34.1 Å². The van der Waals surface area contributed by atoms with Crippen LogP contribution in [0.1, 0.15) is 19.8 Å². The molecule has 0 spiro atoms. The summed E-state index contributed by atoms with van der Waals surface area (Å²) in [6.07, 6.45) is -0.459. The summed E-state index contributed by atoms with van der Waals surface area (Å²) < 4.78 is 5.29. The number of anilines is 2. The van der Waals surface area contributed by atoms with Crippen molar-refractivity contribution in [3.05, 3.63) is 18.2 Å². The molecule has 9 nitrogen and oxygen atoms in total. The van der Waals surface area contributed by atoms with Gasteiger partial charge in [-0.3, -0.25) is 19.3 Å². The number of amides is 2. The number of benzene rings is 1. The molecule has 0 saturated heterocycles. The Bertz CT molecular complexity index is 701. The molecule has 0 aliphatic carbocycles. The lowest BCUT2D eigenvalue weighted by Gasteiger charge is -2.32.